The number of fused-ring (bicyclic) bond motifs is 1. The Morgan fingerprint density at radius 3 is 2.19 bits per heavy atom. The molecule has 5 nitrogen and oxygen atoms in total. The van der Waals surface area contributed by atoms with Crippen LogP contribution >= 0.6 is 0 Å². The molecule has 0 amide bonds. The summed E-state index contributed by atoms with van der Waals surface area (Å²) in [7, 11) is 0. The highest BCUT2D eigenvalue weighted by Crippen LogP contribution is 2.24. The number of hydrogen-bond donors (Lipinski definition) is 0. The standard InChI is InChI=1S/C30H26F2O5/c1-17(2)26(33)15-24-9-8-23(27(31)28(24)32)12-19(5)30(35)37-25-11-10-21-13-20(6-7-22(21)14-25)16-36-29(34)18(3)4/h6-14H,1,3,15-16H2,2,4-5H3/b19-12+. The highest BCUT2D eigenvalue weighted by Gasteiger charge is 2.17. The lowest BCUT2D eigenvalue weighted by Gasteiger charge is -2.09. The second-order valence-corrected chi connectivity index (χ2v) is 8.74. The van der Waals surface area contributed by atoms with Gasteiger partial charge in [0, 0.05) is 23.1 Å². The summed E-state index contributed by atoms with van der Waals surface area (Å²) >= 11 is 0. The number of benzene rings is 3. The number of Topliss-reactive ketones (excluding diaryl/α,β-unsaturated/α-hetero) is 1. The van der Waals surface area contributed by atoms with Gasteiger partial charge < -0.3 is 9.47 Å². The van der Waals surface area contributed by atoms with Gasteiger partial charge in [0.25, 0.3) is 0 Å². The van der Waals surface area contributed by atoms with Crippen LogP contribution in [0.1, 0.15) is 37.5 Å². The number of ether oxygens (including phenoxy) is 2. The molecule has 0 unspecified atom stereocenters. The van der Waals surface area contributed by atoms with E-state index in [0.717, 1.165) is 16.3 Å². The molecule has 0 fully saturated rings. The van der Waals surface area contributed by atoms with E-state index in [9.17, 15) is 23.2 Å². The molecule has 0 atom stereocenters. The maximum Gasteiger partial charge on any atom is 0.339 e. The predicted molar refractivity (Wildman–Crippen MR) is 138 cm³/mol. The topological polar surface area (TPSA) is 69.7 Å². The van der Waals surface area contributed by atoms with E-state index < -0.39 is 23.6 Å². The molecule has 0 N–H and O–H groups in total. The molecular weight excluding hydrogens is 478 g/mol. The Kier molecular flexibility index (Phi) is 8.50. The van der Waals surface area contributed by atoms with Crippen molar-refractivity contribution in [3.63, 3.8) is 0 Å². The minimum atomic E-state index is -1.16. The predicted octanol–water partition coefficient (Wildman–Crippen LogP) is 6.43. The molecule has 190 valence electrons. The minimum absolute atomic E-state index is 0.0545. The number of esters is 2. The van der Waals surface area contributed by atoms with Gasteiger partial charge in [-0.05, 0) is 72.5 Å². The molecule has 3 rings (SSSR count). The van der Waals surface area contributed by atoms with Crippen molar-refractivity contribution in [2.75, 3.05) is 0 Å². The van der Waals surface area contributed by atoms with E-state index in [-0.39, 0.29) is 46.8 Å². The van der Waals surface area contributed by atoms with Gasteiger partial charge in [-0.2, -0.15) is 0 Å². The van der Waals surface area contributed by atoms with E-state index in [1.807, 2.05) is 6.07 Å². The highest BCUT2D eigenvalue weighted by atomic mass is 19.2. The minimum Gasteiger partial charge on any atom is -0.457 e. The summed E-state index contributed by atoms with van der Waals surface area (Å²) in [6.45, 7) is 11.7. The van der Waals surface area contributed by atoms with Gasteiger partial charge in [-0.1, -0.05) is 43.5 Å². The molecule has 7 heteroatoms. The lowest BCUT2D eigenvalue weighted by molar-refractivity contribution is -0.140. The first-order valence-electron chi connectivity index (χ1n) is 11.4. The molecule has 0 spiro atoms. The average molecular weight is 505 g/mol. The molecule has 3 aromatic carbocycles. The molecule has 0 aliphatic carbocycles. The summed E-state index contributed by atoms with van der Waals surface area (Å²) in [5.74, 6) is -3.63. The fourth-order valence-electron chi connectivity index (χ4n) is 3.35. The molecule has 0 heterocycles. The monoisotopic (exact) mass is 504 g/mol. The molecule has 0 saturated carbocycles. The van der Waals surface area contributed by atoms with Crippen molar-refractivity contribution in [1.29, 1.82) is 0 Å². The van der Waals surface area contributed by atoms with Crippen LogP contribution in [0, 0.1) is 11.6 Å². The second-order valence-electron chi connectivity index (χ2n) is 8.74. The highest BCUT2D eigenvalue weighted by molar-refractivity contribution is 5.96. The molecule has 0 aromatic heterocycles. The van der Waals surface area contributed by atoms with Crippen LogP contribution in [0.3, 0.4) is 0 Å². The average Bonchev–Trinajstić information content (AvgIpc) is 2.86. The molecule has 0 aliphatic rings. The first-order chi connectivity index (χ1) is 17.5. The molecule has 0 radical (unpaired) electrons. The van der Waals surface area contributed by atoms with Crippen molar-refractivity contribution < 1.29 is 32.6 Å². The summed E-state index contributed by atoms with van der Waals surface area (Å²) in [4.78, 5) is 36.0. The van der Waals surface area contributed by atoms with E-state index in [1.54, 1.807) is 37.3 Å². The number of carbonyl (C=O) groups is 3. The number of carbonyl (C=O) groups excluding carboxylic acids is 3. The van der Waals surface area contributed by atoms with Gasteiger partial charge in [0.1, 0.15) is 12.4 Å². The normalized spacial score (nSPS) is 11.2. The Labute approximate surface area is 213 Å². The molecule has 3 aromatic rings. The zero-order chi connectivity index (χ0) is 27.3. The van der Waals surface area contributed by atoms with Crippen molar-refractivity contribution in [2.45, 2.75) is 33.8 Å². The van der Waals surface area contributed by atoms with Crippen LogP contribution in [-0.2, 0) is 32.1 Å². The van der Waals surface area contributed by atoms with E-state index in [2.05, 4.69) is 13.2 Å². The molecule has 0 aliphatic heterocycles. The van der Waals surface area contributed by atoms with Crippen molar-refractivity contribution in [3.05, 3.63) is 107 Å². The number of hydrogen-bond acceptors (Lipinski definition) is 5. The first-order valence-corrected chi connectivity index (χ1v) is 11.4. The molecular formula is C30H26F2O5. The van der Waals surface area contributed by atoms with Crippen molar-refractivity contribution in [1.82, 2.24) is 0 Å². The quantitative estimate of drug-likeness (QED) is 0.191. The maximum atomic E-state index is 14.6. The van der Waals surface area contributed by atoms with Crippen molar-refractivity contribution in [2.24, 2.45) is 0 Å². The van der Waals surface area contributed by atoms with Crippen LogP contribution in [0.4, 0.5) is 8.78 Å². The first kappa shape index (κ1) is 27.2. The van der Waals surface area contributed by atoms with E-state index >= 15 is 0 Å². The molecule has 37 heavy (non-hydrogen) atoms. The Morgan fingerprint density at radius 1 is 0.838 bits per heavy atom. The third kappa shape index (κ3) is 6.85. The second kappa shape index (κ2) is 11.6. The Morgan fingerprint density at radius 2 is 1.51 bits per heavy atom. The Bertz CT molecular complexity index is 1470. The summed E-state index contributed by atoms with van der Waals surface area (Å²) in [6, 6.07) is 13.1. The van der Waals surface area contributed by atoms with Gasteiger partial charge in [0.15, 0.2) is 17.4 Å². The lowest BCUT2D eigenvalue weighted by atomic mass is 10.0. The van der Waals surface area contributed by atoms with Gasteiger partial charge in [0.2, 0.25) is 0 Å². The van der Waals surface area contributed by atoms with Gasteiger partial charge >= 0.3 is 11.9 Å². The van der Waals surface area contributed by atoms with Crippen molar-refractivity contribution in [3.8, 4) is 5.75 Å². The van der Waals surface area contributed by atoms with Crippen LogP contribution in [0.15, 0.2) is 78.4 Å². The zero-order valence-corrected chi connectivity index (χ0v) is 20.8. The van der Waals surface area contributed by atoms with Crippen LogP contribution in [0.2, 0.25) is 0 Å². The van der Waals surface area contributed by atoms with E-state index in [1.165, 1.54) is 32.1 Å². The number of ketones is 1. The third-order valence-corrected chi connectivity index (χ3v) is 5.52. The Balaban J connectivity index is 1.72. The van der Waals surface area contributed by atoms with E-state index in [4.69, 9.17) is 9.47 Å². The largest absolute Gasteiger partial charge is 0.457 e. The third-order valence-electron chi connectivity index (χ3n) is 5.52. The summed E-state index contributed by atoms with van der Waals surface area (Å²) in [5.41, 5.74) is 1.18. The molecule has 0 bridgehead atoms. The summed E-state index contributed by atoms with van der Waals surface area (Å²) < 4.78 is 39.6. The van der Waals surface area contributed by atoms with Crippen LogP contribution < -0.4 is 4.74 Å². The maximum absolute atomic E-state index is 14.6. The smallest absolute Gasteiger partial charge is 0.339 e. The van der Waals surface area contributed by atoms with Crippen LogP contribution in [-0.4, -0.2) is 17.7 Å². The zero-order valence-electron chi connectivity index (χ0n) is 20.8. The number of halogens is 2. The fraction of sp³-hybridized carbons (Fsp3) is 0.167. The SMILES string of the molecule is C=C(C)C(=O)Cc1ccc(/C=C(\C)C(=O)Oc2ccc3cc(COC(=O)C(=C)C)ccc3c2)c(F)c1F. The van der Waals surface area contributed by atoms with Crippen LogP contribution in [0.5, 0.6) is 5.75 Å². The fourth-order valence-corrected chi connectivity index (χ4v) is 3.35. The molecule has 0 saturated heterocycles. The van der Waals surface area contributed by atoms with E-state index in [0.29, 0.717) is 5.57 Å². The van der Waals surface area contributed by atoms with Crippen LogP contribution in [0.25, 0.3) is 16.8 Å². The van der Waals surface area contributed by atoms with Gasteiger partial charge in [0.05, 0.1) is 0 Å². The van der Waals surface area contributed by atoms with Gasteiger partial charge in [-0.25, -0.2) is 18.4 Å². The lowest BCUT2D eigenvalue weighted by Crippen LogP contribution is -2.10. The van der Waals surface area contributed by atoms with Gasteiger partial charge in [-0.15, -0.1) is 0 Å². The summed E-state index contributed by atoms with van der Waals surface area (Å²) in [5, 5.41) is 1.63. The number of rotatable bonds is 9. The van der Waals surface area contributed by atoms with Crippen molar-refractivity contribution >= 4 is 34.6 Å². The summed E-state index contributed by atoms with van der Waals surface area (Å²) in [6.07, 6.45) is 0.886. The van der Waals surface area contributed by atoms with Gasteiger partial charge in [-0.3, -0.25) is 4.79 Å². The number of allylic oxidation sites excluding steroid dienone is 1. The Hall–Kier alpha value is -4.39.